The second kappa shape index (κ2) is 8.20. The van der Waals surface area contributed by atoms with E-state index >= 15 is 0 Å². The molecule has 0 bridgehead atoms. The lowest BCUT2D eigenvalue weighted by molar-refractivity contribution is -0.313. The van der Waals surface area contributed by atoms with E-state index in [1.54, 1.807) is 0 Å². The smallest absolute Gasteiger partial charge is 0.217 e. The summed E-state index contributed by atoms with van der Waals surface area (Å²) >= 11 is 0. The molecule has 0 aromatic heterocycles. The standard InChI is InChI=1S/C14H25NO10/c1-4-8(17)11(20)12(21)14(24-4)23-3-6-9(18)10(19)7(13(22)25-6)15-5(2)16/h4,6-14,17-22H,3H2,1-2H3,(H,15,16)/t4-,6-,7-,8-,9-,10-,11-,12+,13-,14+/m1/s1. The lowest BCUT2D eigenvalue weighted by atomic mass is 9.97. The van der Waals surface area contributed by atoms with Crippen molar-refractivity contribution in [2.45, 2.75) is 75.2 Å². The van der Waals surface area contributed by atoms with Gasteiger partial charge < -0.3 is 50.2 Å². The maximum absolute atomic E-state index is 11.1. The molecule has 7 N–H and O–H groups in total. The molecule has 0 spiro atoms. The Bertz CT molecular complexity index is 465. The first-order chi connectivity index (χ1) is 11.6. The molecule has 10 atom stereocenters. The van der Waals surface area contributed by atoms with Crippen molar-refractivity contribution in [1.29, 1.82) is 0 Å². The van der Waals surface area contributed by atoms with Crippen molar-refractivity contribution in [1.82, 2.24) is 5.32 Å². The summed E-state index contributed by atoms with van der Waals surface area (Å²) < 4.78 is 15.6. The van der Waals surface area contributed by atoms with Crippen LogP contribution in [0, 0.1) is 0 Å². The van der Waals surface area contributed by atoms with Crippen LogP contribution in [0.4, 0.5) is 0 Å². The number of carbonyl (C=O) groups excluding carboxylic acids is 1. The molecule has 1 amide bonds. The van der Waals surface area contributed by atoms with Crippen LogP contribution in [0.2, 0.25) is 0 Å². The summed E-state index contributed by atoms with van der Waals surface area (Å²) in [6.45, 7) is 2.27. The number of aliphatic hydroxyl groups excluding tert-OH is 6. The highest BCUT2D eigenvalue weighted by molar-refractivity contribution is 5.73. The number of ether oxygens (including phenoxy) is 3. The molecule has 2 fully saturated rings. The normalized spacial score (nSPS) is 48.2. The minimum Gasteiger partial charge on any atom is -0.388 e. The zero-order valence-corrected chi connectivity index (χ0v) is 13.8. The van der Waals surface area contributed by atoms with Crippen LogP contribution in [0.15, 0.2) is 0 Å². The Morgan fingerprint density at radius 3 is 2.20 bits per heavy atom. The zero-order valence-electron chi connectivity index (χ0n) is 13.8. The van der Waals surface area contributed by atoms with Gasteiger partial charge in [0.2, 0.25) is 5.91 Å². The first-order valence-electron chi connectivity index (χ1n) is 7.91. The molecule has 25 heavy (non-hydrogen) atoms. The van der Waals surface area contributed by atoms with Crippen molar-refractivity contribution in [3.63, 3.8) is 0 Å². The lowest BCUT2D eigenvalue weighted by Gasteiger charge is -2.42. The van der Waals surface area contributed by atoms with Gasteiger partial charge >= 0.3 is 0 Å². The van der Waals surface area contributed by atoms with E-state index in [4.69, 9.17) is 14.2 Å². The van der Waals surface area contributed by atoms with Crippen molar-refractivity contribution in [2.75, 3.05) is 6.61 Å². The number of rotatable bonds is 4. The Balaban J connectivity index is 1.94. The van der Waals surface area contributed by atoms with Gasteiger partial charge in [-0.05, 0) is 6.92 Å². The van der Waals surface area contributed by atoms with Crippen molar-refractivity contribution < 1.29 is 49.6 Å². The summed E-state index contributed by atoms with van der Waals surface area (Å²) in [6.07, 6.45) is -12.2. The Morgan fingerprint density at radius 1 is 0.960 bits per heavy atom. The van der Waals surface area contributed by atoms with E-state index < -0.39 is 67.3 Å². The summed E-state index contributed by atoms with van der Waals surface area (Å²) in [4.78, 5) is 11.1. The molecule has 11 nitrogen and oxygen atoms in total. The van der Waals surface area contributed by atoms with Crippen LogP contribution in [-0.2, 0) is 19.0 Å². The second-order valence-electron chi connectivity index (χ2n) is 6.29. The Labute approximate surface area is 143 Å². The third-order valence-corrected chi connectivity index (χ3v) is 4.32. The zero-order chi connectivity index (χ0) is 18.9. The molecule has 2 saturated heterocycles. The third kappa shape index (κ3) is 4.45. The molecular weight excluding hydrogens is 342 g/mol. The molecular formula is C14H25NO10. The summed E-state index contributed by atoms with van der Waals surface area (Å²) in [6, 6.07) is -1.21. The van der Waals surface area contributed by atoms with E-state index in [1.165, 1.54) is 13.8 Å². The van der Waals surface area contributed by atoms with Crippen molar-refractivity contribution in [2.24, 2.45) is 0 Å². The van der Waals surface area contributed by atoms with Gasteiger partial charge in [-0.3, -0.25) is 4.79 Å². The quantitative estimate of drug-likeness (QED) is 0.257. The summed E-state index contributed by atoms with van der Waals surface area (Å²) in [5.41, 5.74) is 0. The monoisotopic (exact) mass is 367 g/mol. The average molecular weight is 367 g/mol. The van der Waals surface area contributed by atoms with Gasteiger partial charge in [-0.1, -0.05) is 0 Å². The molecule has 0 aliphatic carbocycles. The Morgan fingerprint density at radius 2 is 1.60 bits per heavy atom. The highest BCUT2D eigenvalue weighted by Gasteiger charge is 2.46. The maximum Gasteiger partial charge on any atom is 0.217 e. The van der Waals surface area contributed by atoms with E-state index in [2.05, 4.69) is 5.32 Å². The average Bonchev–Trinajstić information content (AvgIpc) is 2.55. The highest BCUT2D eigenvalue weighted by Crippen LogP contribution is 2.24. The van der Waals surface area contributed by atoms with E-state index in [9.17, 15) is 35.4 Å². The lowest BCUT2D eigenvalue weighted by Crippen LogP contribution is -2.64. The number of hydrogen-bond donors (Lipinski definition) is 7. The largest absolute Gasteiger partial charge is 0.388 e. The highest BCUT2D eigenvalue weighted by atomic mass is 16.7. The van der Waals surface area contributed by atoms with Gasteiger partial charge in [0.05, 0.1) is 12.7 Å². The number of carbonyl (C=O) groups is 1. The van der Waals surface area contributed by atoms with Gasteiger partial charge in [-0.2, -0.15) is 0 Å². The van der Waals surface area contributed by atoms with Crippen LogP contribution in [0.1, 0.15) is 13.8 Å². The summed E-state index contributed by atoms with van der Waals surface area (Å²) in [5.74, 6) is -0.520. The number of hydrogen-bond acceptors (Lipinski definition) is 10. The van der Waals surface area contributed by atoms with Crippen LogP contribution in [-0.4, -0.2) is 105 Å². The minimum atomic E-state index is -1.58. The number of amides is 1. The molecule has 2 aliphatic rings. The molecule has 2 rings (SSSR count). The Hall–Kier alpha value is -0.890. The van der Waals surface area contributed by atoms with Crippen molar-refractivity contribution in [3.05, 3.63) is 0 Å². The Kier molecular flexibility index (Phi) is 6.70. The van der Waals surface area contributed by atoms with E-state index in [-0.39, 0.29) is 6.61 Å². The van der Waals surface area contributed by atoms with Crippen LogP contribution in [0.3, 0.4) is 0 Å². The number of aliphatic hydroxyl groups is 6. The van der Waals surface area contributed by atoms with Crippen LogP contribution in [0.5, 0.6) is 0 Å². The van der Waals surface area contributed by atoms with Gasteiger partial charge in [0.25, 0.3) is 0 Å². The van der Waals surface area contributed by atoms with Gasteiger partial charge in [-0.25, -0.2) is 0 Å². The molecule has 0 aromatic carbocycles. The van der Waals surface area contributed by atoms with E-state index in [0.717, 1.165) is 0 Å². The van der Waals surface area contributed by atoms with Crippen LogP contribution < -0.4 is 5.32 Å². The van der Waals surface area contributed by atoms with E-state index in [1.807, 2.05) is 0 Å². The number of nitrogens with one attached hydrogen (secondary N) is 1. The molecule has 11 heteroatoms. The fraction of sp³-hybridized carbons (Fsp3) is 0.929. The fourth-order valence-electron chi connectivity index (χ4n) is 2.82. The van der Waals surface area contributed by atoms with Crippen LogP contribution in [0.25, 0.3) is 0 Å². The third-order valence-electron chi connectivity index (χ3n) is 4.32. The summed E-state index contributed by atoms with van der Waals surface area (Å²) in [5, 5.41) is 61.4. The molecule has 0 saturated carbocycles. The van der Waals surface area contributed by atoms with Crippen LogP contribution >= 0.6 is 0 Å². The molecule has 2 aliphatic heterocycles. The predicted octanol–water partition coefficient (Wildman–Crippen LogP) is -4.23. The molecule has 2 heterocycles. The maximum atomic E-state index is 11.1. The fourth-order valence-corrected chi connectivity index (χ4v) is 2.82. The van der Waals surface area contributed by atoms with Gasteiger partial charge in [0.15, 0.2) is 12.6 Å². The predicted molar refractivity (Wildman–Crippen MR) is 78.8 cm³/mol. The van der Waals surface area contributed by atoms with Gasteiger partial charge in [0, 0.05) is 6.92 Å². The van der Waals surface area contributed by atoms with Crippen molar-refractivity contribution in [3.8, 4) is 0 Å². The van der Waals surface area contributed by atoms with E-state index in [0.29, 0.717) is 0 Å². The van der Waals surface area contributed by atoms with Gasteiger partial charge in [-0.15, -0.1) is 0 Å². The first kappa shape index (κ1) is 20.4. The SMILES string of the molecule is CC(=O)N[C@@H]1[C@@H](O)[C@H](O)[C@@H](CO[C@H]2O[C@H](C)[C@@H](O)[C@@H](O)[C@@H]2O)O[C@H]1O. The van der Waals surface area contributed by atoms with Crippen molar-refractivity contribution >= 4 is 5.91 Å². The first-order valence-corrected chi connectivity index (χ1v) is 7.91. The minimum absolute atomic E-state index is 0.390. The van der Waals surface area contributed by atoms with Gasteiger partial charge in [0.1, 0.15) is 42.7 Å². The molecule has 0 aromatic rings. The topological polar surface area (TPSA) is 178 Å². The summed E-state index contributed by atoms with van der Waals surface area (Å²) in [7, 11) is 0. The molecule has 146 valence electrons. The molecule has 0 radical (unpaired) electrons. The second-order valence-corrected chi connectivity index (χ2v) is 6.29. The molecule has 0 unspecified atom stereocenters.